The maximum atomic E-state index is 12.4. The Hall–Kier alpha value is -2.29. The molecule has 1 atom stereocenters. The van der Waals surface area contributed by atoms with Crippen LogP contribution in [0, 0.1) is 0 Å². The molecule has 1 heterocycles. The van der Waals surface area contributed by atoms with Gasteiger partial charge in [-0.3, -0.25) is 4.79 Å². The molecule has 2 aromatic carbocycles. The topological polar surface area (TPSA) is 38.3 Å². The van der Waals surface area contributed by atoms with Crippen LogP contribution in [0.1, 0.15) is 53.6 Å². The summed E-state index contributed by atoms with van der Waals surface area (Å²) in [5.41, 5.74) is 6.42. The molecule has 4 rings (SSSR count). The summed E-state index contributed by atoms with van der Waals surface area (Å²) in [5, 5.41) is 3.15. The van der Waals surface area contributed by atoms with E-state index in [4.69, 9.17) is 4.74 Å². The van der Waals surface area contributed by atoms with Crippen molar-refractivity contribution in [3.8, 4) is 5.75 Å². The molecule has 0 aromatic heterocycles. The molecule has 0 spiro atoms. The quantitative estimate of drug-likeness (QED) is 0.920. The molecule has 0 radical (unpaired) electrons. The van der Waals surface area contributed by atoms with Crippen LogP contribution in [-0.4, -0.2) is 12.5 Å². The van der Waals surface area contributed by atoms with Crippen LogP contribution < -0.4 is 10.1 Å². The van der Waals surface area contributed by atoms with Gasteiger partial charge in [0.1, 0.15) is 5.75 Å². The minimum Gasteiger partial charge on any atom is -0.493 e. The number of nitrogens with one attached hydrogen (secondary N) is 1. The number of amides is 1. The maximum absolute atomic E-state index is 12.4. The van der Waals surface area contributed by atoms with Crippen LogP contribution in [0.3, 0.4) is 0 Å². The van der Waals surface area contributed by atoms with Crippen LogP contribution in [-0.2, 0) is 30.5 Å². The Kier molecular flexibility index (Phi) is 4.48. The predicted molar refractivity (Wildman–Crippen MR) is 99.0 cm³/mol. The van der Waals surface area contributed by atoms with Crippen molar-refractivity contribution < 1.29 is 9.53 Å². The molecule has 2 aliphatic rings. The van der Waals surface area contributed by atoms with Crippen molar-refractivity contribution >= 4 is 5.91 Å². The molecule has 3 nitrogen and oxygen atoms in total. The van der Waals surface area contributed by atoms with Crippen molar-refractivity contribution in [3.05, 3.63) is 64.2 Å². The van der Waals surface area contributed by atoms with Gasteiger partial charge in [-0.15, -0.1) is 0 Å². The molecule has 0 saturated heterocycles. The van der Waals surface area contributed by atoms with Gasteiger partial charge in [0.2, 0.25) is 5.91 Å². The highest BCUT2D eigenvalue weighted by molar-refractivity contribution is 5.79. The fourth-order valence-corrected chi connectivity index (χ4v) is 3.93. The summed E-state index contributed by atoms with van der Waals surface area (Å²) in [5.74, 6) is 1.04. The highest BCUT2D eigenvalue weighted by Crippen LogP contribution is 2.27. The van der Waals surface area contributed by atoms with E-state index in [1.807, 2.05) is 12.1 Å². The average Bonchev–Trinajstić information content (AvgIpc) is 3.09. The van der Waals surface area contributed by atoms with Gasteiger partial charge in [-0.05, 0) is 66.5 Å². The van der Waals surface area contributed by atoms with E-state index in [9.17, 15) is 4.79 Å². The first-order chi connectivity index (χ1) is 12.2. The van der Waals surface area contributed by atoms with Gasteiger partial charge < -0.3 is 10.1 Å². The predicted octanol–water partition coefficient (Wildman–Crippen LogP) is 3.92. The summed E-state index contributed by atoms with van der Waals surface area (Å²) in [6, 6.07) is 12.8. The second kappa shape index (κ2) is 6.91. The van der Waals surface area contributed by atoms with Crippen LogP contribution in [0.5, 0.6) is 5.75 Å². The maximum Gasteiger partial charge on any atom is 0.224 e. The fraction of sp³-hybridized carbons (Fsp3) is 0.409. The fourth-order valence-electron chi connectivity index (χ4n) is 3.93. The zero-order valence-corrected chi connectivity index (χ0v) is 14.8. The first kappa shape index (κ1) is 16.2. The van der Waals surface area contributed by atoms with E-state index in [0.29, 0.717) is 6.42 Å². The van der Waals surface area contributed by atoms with Crippen LogP contribution in [0.2, 0.25) is 0 Å². The summed E-state index contributed by atoms with van der Waals surface area (Å²) in [6.07, 6.45) is 6.29. The van der Waals surface area contributed by atoms with Gasteiger partial charge in [-0.2, -0.15) is 0 Å². The van der Waals surface area contributed by atoms with Crippen molar-refractivity contribution in [2.75, 3.05) is 6.61 Å². The number of rotatable bonds is 4. The molecule has 3 heteroatoms. The monoisotopic (exact) mass is 335 g/mol. The number of aryl methyl sites for hydroxylation is 2. The summed E-state index contributed by atoms with van der Waals surface area (Å²) in [7, 11) is 0. The average molecular weight is 335 g/mol. The summed E-state index contributed by atoms with van der Waals surface area (Å²) in [4.78, 5) is 12.4. The normalized spacial score (nSPS) is 16.5. The minimum atomic E-state index is 0.0393. The Balaban J connectivity index is 1.40. The molecule has 0 bridgehead atoms. The smallest absolute Gasteiger partial charge is 0.224 e. The van der Waals surface area contributed by atoms with Gasteiger partial charge >= 0.3 is 0 Å². The van der Waals surface area contributed by atoms with E-state index in [-0.39, 0.29) is 11.9 Å². The lowest BCUT2D eigenvalue weighted by atomic mass is 9.89. The van der Waals surface area contributed by atoms with Crippen molar-refractivity contribution in [3.63, 3.8) is 0 Å². The van der Waals surface area contributed by atoms with Gasteiger partial charge in [0.25, 0.3) is 0 Å². The van der Waals surface area contributed by atoms with Gasteiger partial charge in [0.05, 0.1) is 19.1 Å². The molecule has 2 aromatic rings. The Morgan fingerprint density at radius 1 is 1.04 bits per heavy atom. The van der Waals surface area contributed by atoms with Crippen LogP contribution in [0.15, 0.2) is 36.4 Å². The van der Waals surface area contributed by atoms with E-state index in [1.54, 1.807) is 0 Å². The Morgan fingerprint density at radius 2 is 1.88 bits per heavy atom. The molecule has 0 fully saturated rings. The summed E-state index contributed by atoms with van der Waals surface area (Å²) < 4.78 is 5.53. The molecular weight excluding hydrogens is 310 g/mol. The molecule has 1 unspecified atom stereocenters. The molecule has 130 valence electrons. The van der Waals surface area contributed by atoms with E-state index >= 15 is 0 Å². The molecule has 1 N–H and O–H groups in total. The third-order valence-corrected chi connectivity index (χ3v) is 5.37. The van der Waals surface area contributed by atoms with Crippen molar-refractivity contribution in [1.82, 2.24) is 5.32 Å². The highest BCUT2D eigenvalue weighted by Gasteiger charge is 2.16. The Morgan fingerprint density at radius 3 is 2.76 bits per heavy atom. The number of carbonyl (C=O) groups is 1. The summed E-state index contributed by atoms with van der Waals surface area (Å²) in [6.45, 7) is 2.82. The minimum absolute atomic E-state index is 0.0393. The van der Waals surface area contributed by atoms with Crippen molar-refractivity contribution in [2.24, 2.45) is 0 Å². The first-order valence-corrected chi connectivity index (χ1v) is 9.35. The second-order valence-electron chi connectivity index (χ2n) is 7.24. The number of hydrogen-bond donors (Lipinski definition) is 1. The standard InChI is InChI=1S/C22H25NO2/c1-15(18-8-7-17-4-2-3-5-19(17)14-18)23-22(24)13-16-6-9-21-20(12-16)10-11-25-21/h6-9,12,14-15H,2-5,10-11,13H2,1H3,(H,23,24). The molecular formula is C22H25NO2. The lowest BCUT2D eigenvalue weighted by molar-refractivity contribution is -0.121. The lowest BCUT2D eigenvalue weighted by Crippen LogP contribution is -2.28. The van der Waals surface area contributed by atoms with E-state index in [1.165, 1.54) is 47.9 Å². The Labute approximate surface area is 149 Å². The largest absolute Gasteiger partial charge is 0.493 e. The number of ether oxygens (including phenoxy) is 1. The second-order valence-corrected chi connectivity index (χ2v) is 7.24. The molecule has 1 aliphatic carbocycles. The molecule has 1 aliphatic heterocycles. The van der Waals surface area contributed by atoms with Gasteiger partial charge in [-0.1, -0.05) is 30.3 Å². The third kappa shape index (κ3) is 3.55. The number of benzene rings is 2. The first-order valence-electron chi connectivity index (χ1n) is 9.35. The SMILES string of the molecule is CC(NC(=O)Cc1ccc2c(c1)CCO2)c1ccc2c(c1)CCCC2. The molecule has 0 saturated carbocycles. The number of fused-ring (bicyclic) bond motifs is 2. The third-order valence-electron chi connectivity index (χ3n) is 5.37. The van der Waals surface area contributed by atoms with Crippen molar-refractivity contribution in [2.45, 2.75) is 51.5 Å². The van der Waals surface area contributed by atoms with E-state index in [2.05, 4.69) is 36.5 Å². The van der Waals surface area contributed by atoms with Crippen LogP contribution in [0.25, 0.3) is 0 Å². The lowest BCUT2D eigenvalue weighted by Gasteiger charge is -2.20. The van der Waals surface area contributed by atoms with Crippen LogP contribution in [0.4, 0.5) is 0 Å². The highest BCUT2D eigenvalue weighted by atomic mass is 16.5. The van der Waals surface area contributed by atoms with E-state index in [0.717, 1.165) is 24.3 Å². The summed E-state index contributed by atoms with van der Waals surface area (Å²) >= 11 is 0. The number of hydrogen-bond acceptors (Lipinski definition) is 2. The molecule has 1 amide bonds. The number of carbonyl (C=O) groups excluding carboxylic acids is 1. The van der Waals surface area contributed by atoms with Crippen LogP contribution >= 0.6 is 0 Å². The zero-order chi connectivity index (χ0) is 17.2. The van der Waals surface area contributed by atoms with Gasteiger partial charge in [0.15, 0.2) is 0 Å². The Bertz CT molecular complexity index is 797. The van der Waals surface area contributed by atoms with E-state index < -0.39 is 0 Å². The van der Waals surface area contributed by atoms with Crippen molar-refractivity contribution in [1.29, 1.82) is 0 Å². The molecule has 25 heavy (non-hydrogen) atoms. The zero-order valence-electron chi connectivity index (χ0n) is 14.8. The van der Waals surface area contributed by atoms with Gasteiger partial charge in [-0.25, -0.2) is 0 Å². The van der Waals surface area contributed by atoms with Gasteiger partial charge in [0, 0.05) is 6.42 Å².